The van der Waals surface area contributed by atoms with Crippen molar-refractivity contribution >= 4 is 17.6 Å². The molecule has 2 N–H and O–H groups in total. The summed E-state index contributed by atoms with van der Waals surface area (Å²) in [5.41, 5.74) is 3.28. The largest absolute Gasteiger partial charge is 0.338 e. The van der Waals surface area contributed by atoms with Crippen molar-refractivity contribution < 1.29 is 9.59 Å². The fraction of sp³-hybridized carbons (Fsp3) is 0.556. The minimum absolute atomic E-state index is 0.0598. The van der Waals surface area contributed by atoms with Gasteiger partial charge in [0.05, 0.1) is 6.04 Å². The lowest BCUT2D eigenvalue weighted by Crippen LogP contribution is -2.43. The Hall–Kier alpha value is -2.04. The van der Waals surface area contributed by atoms with Crippen LogP contribution in [0.2, 0.25) is 0 Å². The molecule has 1 aromatic rings. The summed E-state index contributed by atoms with van der Waals surface area (Å²) >= 11 is 0. The molecule has 2 rings (SSSR count). The van der Waals surface area contributed by atoms with Gasteiger partial charge in [0.15, 0.2) is 0 Å². The first kappa shape index (κ1) is 17.3. The molecule has 0 saturated carbocycles. The van der Waals surface area contributed by atoms with E-state index in [0.29, 0.717) is 19.5 Å². The van der Waals surface area contributed by atoms with Gasteiger partial charge in [-0.25, -0.2) is 4.79 Å². The van der Waals surface area contributed by atoms with Crippen LogP contribution >= 0.6 is 0 Å². The highest BCUT2D eigenvalue weighted by Crippen LogP contribution is 2.24. The van der Waals surface area contributed by atoms with E-state index in [2.05, 4.69) is 24.5 Å². The van der Waals surface area contributed by atoms with Crippen molar-refractivity contribution in [2.45, 2.75) is 52.5 Å². The molecule has 5 heteroatoms. The number of hydrogen-bond donors (Lipinski definition) is 2. The average Bonchev–Trinajstić information content (AvgIpc) is 2.87. The quantitative estimate of drug-likeness (QED) is 0.793. The van der Waals surface area contributed by atoms with Crippen molar-refractivity contribution in [3.63, 3.8) is 0 Å². The van der Waals surface area contributed by atoms with Gasteiger partial charge < -0.3 is 15.5 Å². The second kappa shape index (κ2) is 7.99. The smallest absolute Gasteiger partial charge is 0.315 e. The van der Waals surface area contributed by atoms with E-state index < -0.39 is 0 Å². The van der Waals surface area contributed by atoms with E-state index in [1.807, 2.05) is 25.1 Å². The Morgan fingerprint density at radius 2 is 2.04 bits per heavy atom. The van der Waals surface area contributed by atoms with Crippen LogP contribution in [0.5, 0.6) is 0 Å². The van der Waals surface area contributed by atoms with E-state index in [9.17, 15) is 9.59 Å². The summed E-state index contributed by atoms with van der Waals surface area (Å²) in [5, 5.41) is 5.75. The number of benzene rings is 1. The van der Waals surface area contributed by atoms with Gasteiger partial charge in [-0.2, -0.15) is 0 Å². The minimum atomic E-state index is -0.180. The summed E-state index contributed by atoms with van der Waals surface area (Å²) in [5.74, 6) is 0.0598. The maximum Gasteiger partial charge on any atom is 0.315 e. The molecule has 1 aliphatic rings. The molecule has 0 bridgehead atoms. The summed E-state index contributed by atoms with van der Waals surface area (Å²) in [6.45, 7) is 7.44. The molecule has 3 amide bonds. The predicted molar refractivity (Wildman–Crippen MR) is 92.7 cm³/mol. The number of nitrogens with one attached hydrogen (secondary N) is 2. The van der Waals surface area contributed by atoms with Crippen LogP contribution in [0.3, 0.4) is 0 Å². The zero-order valence-electron chi connectivity index (χ0n) is 14.3. The average molecular weight is 317 g/mol. The molecule has 1 atom stereocenters. The number of carbonyl (C=O) groups is 2. The van der Waals surface area contributed by atoms with E-state index >= 15 is 0 Å². The summed E-state index contributed by atoms with van der Waals surface area (Å²) in [7, 11) is 0. The van der Waals surface area contributed by atoms with Crippen molar-refractivity contribution in [1.82, 2.24) is 10.6 Å². The molecule has 126 valence electrons. The Morgan fingerprint density at radius 1 is 1.26 bits per heavy atom. The van der Waals surface area contributed by atoms with Crippen LogP contribution in [0.25, 0.3) is 0 Å². The van der Waals surface area contributed by atoms with Crippen molar-refractivity contribution in [3.8, 4) is 0 Å². The zero-order chi connectivity index (χ0) is 16.8. The Morgan fingerprint density at radius 3 is 2.74 bits per heavy atom. The fourth-order valence-corrected chi connectivity index (χ4v) is 2.76. The summed E-state index contributed by atoms with van der Waals surface area (Å²) in [4.78, 5) is 25.8. The van der Waals surface area contributed by atoms with E-state index in [1.54, 1.807) is 4.90 Å². The van der Waals surface area contributed by atoms with Gasteiger partial charge in [0, 0.05) is 25.2 Å². The lowest BCUT2D eigenvalue weighted by molar-refractivity contribution is -0.117. The number of hydrogen-bond acceptors (Lipinski definition) is 2. The predicted octanol–water partition coefficient (Wildman–Crippen LogP) is 2.90. The molecule has 0 spiro atoms. The summed E-state index contributed by atoms with van der Waals surface area (Å²) in [6.07, 6.45) is 3.59. The molecule has 23 heavy (non-hydrogen) atoms. The maximum absolute atomic E-state index is 12.2. The van der Waals surface area contributed by atoms with Crippen LogP contribution in [0.4, 0.5) is 10.5 Å². The molecule has 1 aliphatic heterocycles. The van der Waals surface area contributed by atoms with E-state index in [1.165, 1.54) is 11.1 Å². The van der Waals surface area contributed by atoms with E-state index in [-0.39, 0.29) is 18.0 Å². The van der Waals surface area contributed by atoms with Crippen molar-refractivity contribution in [2.24, 2.45) is 0 Å². The summed E-state index contributed by atoms with van der Waals surface area (Å²) < 4.78 is 0. The molecule has 1 unspecified atom stereocenters. The first-order valence-corrected chi connectivity index (χ1v) is 8.43. The van der Waals surface area contributed by atoms with Gasteiger partial charge in [-0.15, -0.1) is 0 Å². The van der Waals surface area contributed by atoms with Crippen LogP contribution in [-0.2, 0) is 4.79 Å². The number of anilines is 1. The third-order valence-electron chi connectivity index (χ3n) is 4.33. The molecule has 0 radical (unpaired) electrons. The number of rotatable bonds is 6. The number of carbonyl (C=O) groups excluding carboxylic acids is 2. The molecular formula is C18H27N3O2. The Bertz CT molecular complexity index is 571. The Balaban J connectivity index is 1.87. The van der Waals surface area contributed by atoms with Crippen LogP contribution in [-0.4, -0.2) is 31.1 Å². The van der Waals surface area contributed by atoms with E-state index in [0.717, 1.165) is 24.9 Å². The normalized spacial score (nSPS) is 17.4. The van der Waals surface area contributed by atoms with Crippen molar-refractivity contribution in [2.75, 3.05) is 18.0 Å². The number of urea groups is 1. The Kier molecular flexibility index (Phi) is 6.02. The number of amides is 3. The number of aryl methyl sites for hydroxylation is 2. The van der Waals surface area contributed by atoms with Gasteiger partial charge in [0.2, 0.25) is 5.91 Å². The zero-order valence-corrected chi connectivity index (χ0v) is 14.3. The third kappa shape index (κ3) is 4.71. The van der Waals surface area contributed by atoms with Gasteiger partial charge in [0.1, 0.15) is 0 Å². The third-order valence-corrected chi connectivity index (χ3v) is 4.33. The second-order valence-electron chi connectivity index (χ2n) is 6.28. The first-order valence-electron chi connectivity index (χ1n) is 8.43. The van der Waals surface area contributed by atoms with Crippen LogP contribution in [0.1, 0.15) is 43.7 Å². The van der Waals surface area contributed by atoms with Gasteiger partial charge in [-0.3, -0.25) is 4.79 Å². The summed E-state index contributed by atoms with van der Waals surface area (Å²) in [6, 6.07) is 5.71. The fourth-order valence-electron chi connectivity index (χ4n) is 2.76. The molecule has 0 aromatic heterocycles. The topological polar surface area (TPSA) is 61.4 Å². The van der Waals surface area contributed by atoms with Gasteiger partial charge >= 0.3 is 6.03 Å². The van der Waals surface area contributed by atoms with Gasteiger partial charge in [0.25, 0.3) is 0 Å². The van der Waals surface area contributed by atoms with Crippen LogP contribution in [0.15, 0.2) is 18.2 Å². The van der Waals surface area contributed by atoms with E-state index in [4.69, 9.17) is 0 Å². The first-order chi connectivity index (χ1) is 11.0. The SMILES string of the molecule is CCCCCNC(=O)NC1CC(=O)N(c2ccc(C)c(C)c2)C1. The molecule has 0 aliphatic carbocycles. The second-order valence-corrected chi connectivity index (χ2v) is 6.28. The monoisotopic (exact) mass is 317 g/mol. The molecule has 1 heterocycles. The minimum Gasteiger partial charge on any atom is -0.338 e. The molecule has 1 fully saturated rings. The van der Waals surface area contributed by atoms with Gasteiger partial charge in [-0.05, 0) is 43.5 Å². The highest BCUT2D eigenvalue weighted by Gasteiger charge is 2.31. The molecule has 1 aromatic carbocycles. The lowest BCUT2D eigenvalue weighted by atomic mass is 10.1. The van der Waals surface area contributed by atoms with Crippen LogP contribution < -0.4 is 15.5 Å². The molecule has 5 nitrogen and oxygen atoms in total. The maximum atomic E-state index is 12.2. The number of unbranched alkanes of at least 4 members (excludes halogenated alkanes) is 2. The van der Waals surface area contributed by atoms with Crippen molar-refractivity contribution in [1.29, 1.82) is 0 Å². The molecule has 1 saturated heterocycles. The standard InChI is InChI=1S/C18H27N3O2/c1-4-5-6-9-19-18(23)20-15-11-17(22)21(12-15)16-8-7-13(2)14(3)10-16/h7-8,10,15H,4-6,9,11-12H2,1-3H3,(H2,19,20,23). The van der Waals surface area contributed by atoms with Gasteiger partial charge in [-0.1, -0.05) is 25.8 Å². The number of nitrogens with zero attached hydrogens (tertiary/aromatic N) is 1. The Labute approximate surface area is 138 Å². The van der Waals surface area contributed by atoms with Crippen LogP contribution in [0, 0.1) is 13.8 Å². The highest BCUT2D eigenvalue weighted by atomic mass is 16.2. The highest BCUT2D eigenvalue weighted by molar-refractivity contribution is 5.96. The lowest BCUT2D eigenvalue weighted by Gasteiger charge is -2.18. The van der Waals surface area contributed by atoms with Crippen molar-refractivity contribution in [3.05, 3.63) is 29.3 Å². The molecular weight excluding hydrogens is 290 g/mol.